The molecule has 0 aliphatic heterocycles. The summed E-state index contributed by atoms with van der Waals surface area (Å²) in [5.74, 6) is -0.309. The Morgan fingerprint density at radius 2 is 2.05 bits per heavy atom. The minimum Gasteiger partial charge on any atom is -0.462 e. The Morgan fingerprint density at radius 1 is 1.35 bits per heavy atom. The van der Waals surface area contributed by atoms with Crippen molar-refractivity contribution in [3.8, 4) is 0 Å². The van der Waals surface area contributed by atoms with Crippen LogP contribution in [0.4, 0.5) is 5.69 Å². The van der Waals surface area contributed by atoms with Crippen LogP contribution in [0.1, 0.15) is 37.6 Å². The van der Waals surface area contributed by atoms with Crippen LogP contribution in [-0.4, -0.2) is 24.5 Å². The normalized spacial score (nSPS) is 12.1. The highest BCUT2D eigenvalue weighted by atomic mass is 16.5. The molecule has 0 saturated carbocycles. The van der Waals surface area contributed by atoms with Crippen LogP contribution in [0.3, 0.4) is 0 Å². The largest absolute Gasteiger partial charge is 0.462 e. The third kappa shape index (κ3) is 5.01. The summed E-state index contributed by atoms with van der Waals surface area (Å²) < 4.78 is 4.91. The van der Waals surface area contributed by atoms with E-state index in [0.29, 0.717) is 30.2 Å². The molecule has 0 bridgehead atoms. The number of carbonyl (C=O) groups is 2. The smallest absolute Gasteiger partial charge is 0.338 e. The van der Waals surface area contributed by atoms with E-state index in [0.717, 1.165) is 0 Å². The maximum atomic E-state index is 11.9. The van der Waals surface area contributed by atoms with Gasteiger partial charge in [-0.05, 0) is 37.5 Å². The van der Waals surface area contributed by atoms with Gasteiger partial charge in [0.1, 0.15) is 0 Å². The lowest BCUT2D eigenvalue weighted by Gasteiger charge is -2.14. The Hall–Kier alpha value is -1.88. The second-order valence-corrected chi connectivity index (χ2v) is 5.03. The first-order chi connectivity index (χ1) is 9.43. The first-order valence-electron chi connectivity index (χ1n) is 6.77. The van der Waals surface area contributed by atoms with E-state index in [4.69, 9.17) is 10.5 Å². The highest BCUT2D eigenvalue weighted by molar-refractivity contribution is 5.96. The molecule has 5 nitrogen and oxygen atoms in total. The Labute approximate surface area is 119 Å². The standard InChI is InChI=1S/C15H22N2O3/c1-4-20-15(19)11-6-5-7-12(9-11)17-14(18)13(16)8-10(2)3/h5-7,9-10,13H,4,8,16H2,1-3H3,(H,17,18)/t13-/m1/s1. The number of nitrogens with one attached hydrogen (secondary N) is 1. The molecule has 0 fully saturated rings. The topological polar surface area (TPSA) is 81.4 Å². The zero-order chi connectivity index (χ0) is 15.1. The van der Waals surface area contributed by atoms with Crippen LogP contribution in [0.2, 0.25) is 0 Å². The Bertz CT molecular complexity index is 472. The highest BCUT2D eigenvalue weighted by Crippen LogP contribution is 2.13. The van der Waals surface area contributed by atoms with Gasteiger partial charge in [-0.15, -0.1) is 0 Å². The molecule has 3 N–H and O–H groups in total. The van der Waals surface area contributed by atoms with Crippen molar-refractivity contribution in [3.63, 3.8) is 0 Å². The third-order valence-electron chi connectivity index (χ3n) is 2.70. The molecule has 5 heteroatoms. The van der Waals surface area contributed by atoms with Crippen LogP contribution < -0.4 is 11.1 Å². The van der Waals surface area contributed by atoms with Gasteiger partial charge in [0.05, 0.1) is 18.2 Å². The molecule has 0 aromatic heterocycles. The molecular formula is C15H22N2O3. The number of benzene rings is 1. The molecule has 1 amide bonds. The summed E-state index contributed by atoms with van der Waals surface area (Å²) in [5, 5.41) is 2.71. The lowest BCUT2D eigenvalue weighted by Crippen LogP contribution is -2.36. The molecule has 1 rings (SSSR count). The number of hydrogen-bond acceptors (Lipinski definition) is 4. The van der Waals surface area contributed by atoms with Crippen LogP contribution >= 0.6 is 0 Å². The molecule has 0 unspecified atom stereocenters. The Morgan fingerprint density at radius 3 is 2.65 bits per heavy atom. The minimum absolute atomic E-state index is 0.250. The fraction of sp³-hybridized carbons (Fsp3) is 0.467. The first-order valence-corrected chi connectivity index (χ1v) is 6.77. The van der Waals surface area contributed by atoms with Crippen LogP contribution in [0.5, 0.6) is 0 Å². The number of rotatable bonds is 6. The van der Waals surface area contributed by atoms with Gasteiger partial charge in [-0.2, -0.15) is 0 Å². The predicted octanol–water partition coefficient (Wildman–Crippen LogP) is 2.18. The van der Waals surface area contributed by atoms with Gasteiger partial charge < -0.3 is 15.8 Å². The summed E-state index contributed by atoms with van der Waals surface area (Å²) in [5.41, 5.74) is 6.75. The average Bonchev–Trinajstić information content (AvgIpc) is 2.38. The maximum absolute atomic E-state index is 11.9. The molecule has 1 atom stereocenters. The van der Waals surface area contributed by atoms with Gasteiger partial charge >= 0.3 is 5.97 Å². The molecule has 1 aromatic rings. The second-order valence-electron chi connectivity index (χ2n) is 5.03. The van der Waals surface area contributed by atoms with E-state index in [1.807, 2.05) is 13.8 Å². The molecule has 1 aromatic carbocycles. The molecule has 0 aliphatic rings. The lowest BCUT2D eigenvalue weighted by atomic mass is 10.0. The maximum Gasteiger partial charge on any atom is 0.338 e. The molecule has 0 saturated heterocycles. The number of hydrogen-bond donors (Lipinski definition) is 2. The van der Waals surface area contributed by atoms with Crippen LogP contribution in [0.25, 0.3) is 0 Å². The summed E-state index contributed by atoms with van der Waals surface area (Å²) in [6, 6.07) is 6.07. The van der Waals surface area contributed by atoms with Gasteiger partial charge in [0.2, 0.25) is 5.91 Å². The summed E-state index contributed by atoms with van der Waals surface area (Å²) >= 11 is 0. The second kappa shape index (κ2) is 7.65. The molecule has 0 radical (unpaired) electrons. The SMILES string of the molecule is CCOC(=O)c1cccc(NC(=O)[C@H](N)CC(C)C)c1. The van der Waals surface area contributed by atoms with Crippen molar-refractivity contribution in [1.82, 2.24) is 0 Å². The monoisotopic (exact) mass is 278 g/mol. The third-order valence-corrected chi connectivity index (χ3v) is 2.70. The molecule has 0 spiro atoms. The Kier molecular flexibility index (Phi) is 6.18. The zero-order valence-corrected chi connectivity index (χ0v) is 12.2. The number of anilines is 1. The number of esters is 1. The van der Waals surface area contributed by atoms with Crippen molar-refractivity contribution in [2.75, 3.05) is 11.9 Å². The van der Waals surface area contributed by atoms with Crippen molar-refractivity contribution in [2.45, 2.75) is 33.2 Å². The molecule has 0 aliphatic carbocycles. The molecular weight excluding hydrogens is 256 g/mol. The minimum atomic E-state index is -0.554. The van der Waals surface area contributed by atoms with Gasteiger partial charge in [-0.3, -0.25) is 4.79 Å². The van der Waals surface area contributed by atoms with Crippen molar-refractivity contribution in [2.24, 2.45) is 11.7 Å². The van der Waals surface area contributed by atoms with E-state index in [2.05, 4.69) is 5.32 Å². The number of nitrogens with two attached hydrogens (primary N) is 1. The highest BCUT2D eigenvalue weighted by Gasteiger charge is 2.15. The van der Waals surface area contributed by atoms with Gasteiger partial charge in [0, 0.05) is 5.69 Å². The summed E-state index contributed by atoms with van der Waals surface area (Å²) in [6.45, 7) is 6.08. The van der Waals surface area contributed by atoms with E-state index >= 15 is 0 Å². The summed E-state index contributed by atoms with van der Waals surface area (Å²) in [6.07, 6.45) is 0.614. The van der Waals surface area contributed by atoms with Crippen LogP contribution in [0.15, 0.2) is 24.3 Å². The van der Waals surface area contributed by atoms with Crippen molar-refractivity contribution in [3.05, 3.63) is 29.8 Å². The quantitative estimate of drug-likeness (QED) is 0.781. The Balaban J connectivity index is 2.71. The van der Waals surface area contributed by atoms with E-state index < -0.39 is 12.0 Å². The number of ether oxygens (including phenoxy) is 1. The number of carbonyl (C=O) groups excluding carboxylic acids is 2. The summed E-state index contributed by atoms with van der Waals surface area (Å²) in [7, 11) is 0. The van der Waals surface area contributed by atoms with Gasteiger partial charge in [-0.1, -0.05) is 19.9 Å². The van der Waals surface area contributed by atoms with Crippen molar-refractivity contribution < 1.29 is 14.3 Å². The number of amides is 1. The molecule has 20 heavy (non-hydrogen) atoms. The van der Waals surface area contributed by atoms with Crippen molar-refractivity contribution in [1.29, 1.82) is 0 Å². The van der Waals surface area contributed by atoms with Crippen LogP contribution in [-0.2, 0) is 9.53 Å². The lowest BCUT2D eigenvalue weighted by molar-refractivity contribution is -0.117. The van der Waals surface area contributed by atoms with Gasteiger partial charge in [0.25, 0.3) is 0 Å². The van der Waals surface area contributed by atoms with E-state index in [1.54, 1.807) is 31.2 Å². The van der Waals surface area contributed by atoms with Crippen molar-refractivity contribution >= 4 is 17.6 Å². The molecule has 0 heterocycles. The van der Waals surface area contributed by atoms with E-state index in [-0.39, 0.29) is 5.91 Å². The van der Waals surface area contributed by atoms with E-state index in [1.165, 1.54) is 0 Å². The fourth-order valence-electron chi connectivity index (χ4n) is 1.79. The summed E-state index contributed by atoms with van der Waals surface area (Å²) in [4.78, 5) is 23.5. The van der Waals surface area contributed by atoms with Gasteiger partial charge in [-0.25, -0.2) is 4.79 Å². The fourth-order valence-corrected chi connectivity index (χ4v) is 1.79. The predicted molar refractivity (Wildman–Crippen MR) is 78.5 cm³/mol. The van der Waals surface area contributed by atoms with Gasteiger partial charge in [0.15, 0.2) is 0 Å². The average molecular weight is 278 g/mol. The first kappa shape index (κ1) is 16.2. The molecule has 110 valence electrons. The van der Waals surface area contributed by atoms with Crippen LogP contribution in [0, 0.1) is 5.92 Å². The van der Waals surface area contributed by atoms with E-state index in [9.17, 15) is 9.59 Å². The zero-order valence-electron chi connectivity index (χ0n) is 12.2.